The van der Waals surface area contributed by atoms with Crippen molar-refractivity contribution in [1.29, 1.82) is 5.26 Å². The van der Waals surface area contributed by atoms with Crippen molar-refractivity contribution in [2.45, 2.75) is 18.2 Å². The highest BCUT2D eigenvalue weighted by Crippen LogP contribution is 2.26. The van der Waals surface area contributed by atoms with E-state index in [1.165, 1.54) is 3.97 Å². The zero-order chi connectivity index (χ0) is 15.7. The second-order valence-electron chi connectivity index (χ2n) is 5.12. The quantitative estimate of drug-likeness (QED) is 0.746. The van der Waals surface area contributed by atoms with Crippen LogP contribution in [0.15, 0.2) is 59.6 Å². The summed E-state index contributed by atoms with van der Waals surface area (Å²) in [5.41, 5.74) is 2.31. The Morgan fingerprint density at radius 3 is 2.45 bits per heavy atom. The second-order valence-corrected chi connectivity index (χ2v) is 6.94. The Morgan fingerprint density at radius 1 is 1.09 bits per heavy atom. The van der Waals surface area contributed by atoms with Crippen LogP contribution in [0.1, 0.15) is 11.1 Å². The molecule has 1 aromatic heterocycles. The number of rotatable bonds is 3. The first-order valence-electron chi connectivity index (χ1n) is 6.82. The van der Waals surface area contributed by atoms with E-state index in [-0.39, 0.29) is 11.3 Å². The molecule has 0 radical (unpaired) electrons. The van der Waals surface area contributed by atoms with Gasteiger partial charge in [0.15, 0.2) is 0 Å². The molecule has 0 aliphatic heterocycles. The highest BCUT2D eigenvalue weighted by Gasteiger charge is 2.20. The lowest BCUT2D eigenvalue weighted by atomic mass is 10.1. The molecule has 0 amide bonds. The van der Waals surface area contributed by atoms with Crippen molar-refractivity contribution in [3.05, 3.63) is 65.9 Å². The Kier molecular flexibility index (Phi) is 3.47. The van der Waals surface area contributed by atoms with E-state index in [9.17, 15) is 8.42 Å². The monoisotopic (exact) mass is 310 g/mol. The third-order valence-electron chi connectivity index (χ3n) is 3.61. The minimum absolute atomic E-state index is 0.178. The number of hydrogen-bond donors (Lipinski definition) is 0. The highest BCUT2D eigenvalue weighted by molar-refractivity contribution is 7.90. The molecule has 0 aliphatic carbocycles. The minimum atomic E-state index is -3.67. The first-order chi connectivity index (χ1) is 10.5. The van der Waals surface area contributed by atoms with Crippen molar-refractivity contribution in [3.63, 3.8) is 0 Å². The van der Waals surface area contributed by atoms with Gasteiger partial charge in [-0.2, -0.15) is 5.26 Å². The molecule has 0 saturated heterocycles. The molecule has 110 valence electrons. The zero-order valence-electron chi connectivity index (χ0n) is 12.0. The average molecular weight is 310 g/mol. The summed E-state index contributed by atoms with van der Waals surface area (Å²) in [6, 6.07) is 16.0. The summed E-state index contributed by atoms with van der Waals surface area (Å²) in [6.07, 6.45) is 1.72. The van der Waals surface area contributed by atoms with Gasteiger partial charge in [-0.1, -0.05) is 35.9 Å². The van der Waals surface area contributed by atoms with Gasteiger partial charge >= 0.3 is 0 Å². The van der Waals surface area contributed by atoms with Gasteiger partial charge in [-0.15, -0.1) is 0 Å². The first kappa shape index (κ1) is 14.4. The summed E-state index contributed by atoms with van der Waals surface area (Å²) < 4.78 is 27.0. The Bertz CT molecular complexity index is 978. The molecule has 0 aliphatic rings. The van der Waals surface area contributed by atoms with Crippen LogP contribution in [-0.2, 0) is 16.4 Å². The number of aryl methyl sites for hydroxylation is 1. The van der Waals surface area contributed by atoms with Crippen molar-refractivity contribution in [3.8, 4) is 6.07 Å². The molecule has 0 saturated carbocycles. The summed E-state index contributed by atoms with van der Waals surface area (Å²) in [5.74, 6) is 0. The van der Waals surface area contributed by atoms with E-state index in [0.29, 0.717) is 11.1 Å². The fourth-order valence-corrected chi connectivity index (χ4v) is 3.86. The number of hydrogen-bond acceptors (Lipinski definition) is 3. The number of fused-ring (bicyclic) bond motifs is 1. The molecular weight excluding hydrogens is 296 g/mol. The van der Waals surface area contributed by atoms with Crippen LogP contribution >= 0.6 is 0 Å². The molecule has 0 fully saturated rings. The van der Waals surface area contributed by atoms with Crippen LogP contribution in [0.2, 0.25) is 0 Å². The molecular formula is C17H14N2O2S. The predicted octanol–water partition coefficient (Wildman–Crippen LogP) is 3.25. The third-order valence-corrected chi connectivity index (χ3v) is 5.30. The third kappa shape index (κ3) is 2.28. The topological polar surface area (TPSA) is 62.9 Å². The fourth-order valence-electron chi connectivity index (χ4n) is 2.47. The van der Waals surface area contributed by atoms with Gasteiger partial charge < -0.3 is 0 Å². The lowest BCUT2D eigenvalue weighted by molar-refractivity contribution is 0.589. The average Bonchev–Trinajstić information content (AvgIpc) is 2.88. The van der Waals surface area contributed by atoms with Crippen molar-refractivity contribution in [1.82, 2.24) is 3.97 Å². The van der Waals surface area contributed by atoms with Crippen LogP contribution in [0.4, 0.5) is 0 Å². The zero-order valence-corrected chi connectivity index (χ0v) is 12.8. The molecule has 2 aromatic carbocycles. The second kappa shape index (κ2) is 5.32. The molecule has 0 unspecified atom stereocenters. The van der Waals surface area contributed by atoms with E-state index >= 15 is 0 Å². The van der Waals surface area contributed by atoms with Crippen molar-refractivity contribution in [2.24, 2.45) is 0 Å². The summed E-state index contributed by atoms with van der Waals surface area (Å²) in [4.78, 5) is 0.238. The lowest BCUT2D eigenvalue weighted by Crippen LogP contribution is -2.11. The Morgan fingerprint density at radius 2 is 1.77 bits per heavy atom. The van der Waals surface area contributed by atoms with E-state index < -0.39 is 10.0 Å². The van der Waals surface area contributed by atoms with Crippen molar-refractivity contribution >= 4 is 20.9 Å². The first-order valence-corrected chi connectivity index (χ1v) is 8.26. The van der Waals surface area contributed by atoms with Gasteiger partial charge in [-0.3, -0.25) is 0 Å². The van der Waals surface area contributed by atoms with Crippen molar-refractivity contribution < 1.29 is 8.42 Å². The maximum atomic E-state index is 12.9. The summed E-state index contributed by atoms with van der Waals surface area (Å²) in [6.45, 7) is 1.91. The Labute approximate surface area is 129 Å². The number of benzene rings is 2. The molecule has 0 N–H and O–H groups in total. The number of para-hydroxylation sites is 1. The normalized spacial score (nSPS) is 11.5. The molecule has 0 bridgehead atoms. The van der Waals surface area contributed by atoms with Gasteiger partial charge in [0.25, 0.3) is 10.0 Å². The largest absolute Gasteiger partial charge is 0.268 e. The molecule has 5 heteroatoms. The maximum absolute atomic E-state index is 12.9. The molecule has 3 rings (SSSR count). The number of nitrogens with zero attached hydrogens (tertiary/aromatic N) is 2. The number of aromatic nitrogens is 1. The van der Waals surface area contributed by atoms with Gasteiger partial charge in [0.05, 0.1) is 22.9 Å². The van der Waals surface area contributed by atoms with Gasteiger partial charge in [0, 0.05) is 11.6 Å². The predicted molar refractivity (Wildman–Crippen MR) is 85.0 cm³/mol. The molecule has 1 heterocycles. The van der Waals surface area contributed by atoms with Gasteiger partial charge in [-0.25, -0.2) is 12.4 Å². The standard InChI is InChI=1S/C17H14N2O2S/c1-13-6-8-15(9-7-13)22(20,21)19-12-14(10-11-18)16-4-2-3-5-17(16)19/h2-9,12H,10H2,1H3. The summed E-state index contributed by atoms with van der Waals surface area (Å²) >= 11 is 0. The molecule has 3 aromatic rings. The van der Waals surface area contributed by atoms with Crippen LogP contribution in [0.5, 0.6) is 0 Å². The van der Waals surface area contributed by atoms with E-state index in [1.54, 1.807) is 42.6 Å². The van der Waals surface area contributed by atoms with Crippen LogP contribution < -0.4 is 0 Å². The van der Waals surface area contributed by atoms with E-state index in [4.69, 9.17) is 5.26 Å². The molecule has 0 spiro atoms. The molecule has 22 heavy (non-hydrogen) atoms. The van der Waals surface area contributed by atoms with Gasteiger partial charge in [0.2, 0.25) is 0 Å². The Balaban J connectivity index is 2.25. The summed E-state index contributed by atoms with van der Waals surface area (Å²) in [5, 5.41) is 9.72. The van der Waals surface area contributed by atoms with Gasteiger partial charge in [-0.05, 0) is 30.7 Å². The Hall–Kier alpha value is -2.58. The smallest absolute Gasteiger partial charge is 0.241 e. The number of nitriles is 1. The van der Waals surface area contributed by atoms with Crippen LogP contribution in [0.3, 0.4) is 0 Å². The summed E-state index contributed by atoms with van der Waals surface area (Å²) in [7, 11) is -3.67. The fraction of sp³-hybridized carbons (Fsp3) is 0.118. The van der Waals surface area contributed by atoms with Gasteiger partial charge in [0.1, 0.15) is 0 Å². The van der Waals surface area contributed by atoms with Crippen LogP contribution in [0, 0.1) is 18.3 Å². The maximum Gasteiger partial charge on any atom is 0.268 e. The van der Waals surface area contributed by atoms with Crippen LogP contribution in [0.25, 0.3) is 10.9 Å². The van der Waals surface area contributed by atoms with Crippen LogP contribution in [-0.4, -0.2) is 12.4 Å². The van der Waals surface area contributed by atoms with E-state index in [2.05, 4.69) is 6.07 Å². The lowest BCUT2D eigenvalue weighted by Gasteiger charge is -2.07. The molecule has 0 atom stereocenters. The van der Waals surface area contributed by atoms with E-state index in [1.807, 2.05) is 19.1 Å². The SMILES string of the molecule is Cc1ccc(S(=O)(=O)n2cc(CC#N)c3ccccc32)cc1. The van der Waals surface area contributed by atoms with Crippen molar-refractivity contribution in [2.75, 3.05) is 0 Å². The highest BCUT2D eigenvalue weighted by atomic mass is 32.2. The molecule has 4 nitrogen and oxygen atoms in total. The minimum Gasteiger partial charge on any atom is -0.241 e. The van der Waals surface area contributed by atoms with E-state index in [0.717, 1.165) is 10.9 Å².